The molecule has 0 radical (unpaired) electrons. The van der Waals surface area contributed by atoms with Gasteiger partial charge in [-0.1, -0.05) is 30.1 Å². The van der Waals surface area contributed by atoms with Crippen molar-refractivity contribution in [2.45, 2.75) is 39.9 Å². The van der Waals surface area contributed by atoms with Crippen LogP contribution >= 0.6 is 23.2 Å². The van der Waals surface area contributed by atoms with Crippen LogP contribution in [0.15, 0.2) is 22.6 Å². The first kappa shape index (κ1) is 21.0. The number of aromatic nitrogens is 2. The quantitative estimate of drug-likeness (QED) is 0.457. The summed E-state index contributed by atoms with van der Waals surface area (Å²) in [4.78, 5) is 1.73. The Kier molecular flexibility index (Phi) is 5.98. The van der Waals surface area contributed by atoms with Gasteiger partial charge in [-0.15, -0.1) is 0 Å². The first-order chi connectivity index (χ1) is 13.1. The van der Waals surface area contributed by atoms with Gasteiger partial charge >= 0.3 is 6.18 Å². The van der Waals surface area contributed by atoms with E-state index in [1.54, 1.807) is 34.5 Å². The minimum Gasteiger partial charge on any atom is -0.441 e. The number of alkyl halides is 3. The number of aryl methyl sites for hydroxylation is 2. The fourth-order valence-corrected chi connectivity index (χ4v) is 3.66. The van der Waals surface area contributed by atoms with E-state index in [-0.39, 0.29) is 6.54 Å². The van der Waals surface area contributed by atoms with E-state index in [1.807, 2.05) is 13.8 Å². The Bertz CT molecular complexity index is 995. The number of benzene rings is 1. The van der Waals surface area contributed by atoms with Crippen LogP contribution in [0.1, 0.15) is 30.4 Å². The highest BCUT2D eigenvalue weighted by atomic mass is 35.5. The Labute approximate surface area is 170 Å². The minimum absolute atomic E-state index is 0.0770. The summed E-state index contributed by atoms with van der Waals surface area (Å²) >= 11 is 12.3. The molecule has 9 heteroatoms. The van der Waals surface area contributed by atoms with Crippen LogP contribution in [-0.2, 0) is 6.54 Å². The van der Waals surface area contributed by atoms with Crippen LogP contribution in [0.3, 0.4) is 0 Å². The van der Waals surface area contributed by atoms with E-state index in [4.69, 9.17) is 27.6 Å². The predicted molar refractivity (Wildman–Crippen MR) is 104 cm³/mol. The molecule has 0 saturated carbocycles. The van der Waals surface area contributed by atoms with E-state index in [0.29, 0.717) is 46.0 Å². The molecule has 0 aliphatic heterocycles. The molecular formula is C19H20Cl2F3N3O. The van der Waals surface area contributed by atoms with Gasteiger partial charge in [-0.05, 0) is 38.6 Å². The maximum absolute atomic E-state index is 12.6. The number of halogens is 5. The zero-order valence-corrected chi connectivity index (χ0v) is 17.2. The van der Waals surface area contributed by atoms with Gasteiger partial charge in [0.15, 0.2) is 0 Å². The minimum atomic E-state index is -4.18. The topological polar surface area (TPSA) is 33.7 Å². The Morgan fingerprint density at radius 2 is 1.93 bits per heavy atom. The lowest BCUT2D eigenvalue weighted by Gasteiger charge is -2.20. The Balaban J connectivity index is 1.99. The van der Waals surface area contributed by atoms with Crippen LogP contribution in [0.5, 0.6) is 0 Å². The second kappa shape index (κ2) is 7.97. The predicted octanol–water partition coefficient (Wildman–Crippen LogP) is 6.29. The van der Waals surface area contributed by atoms with Crippen molar-refractivity contribution in [3.8, 4) is 11.3 Å². The second-order valence-corrected chi connectivity index (χ2v) is 7.49. The van der Waals surface area contributed by atoms with Crippen molar-refractivity contribution in [2.24, 2.45) is 0 Å². The molecular weight excluding hydrogens is 414 g/mol. The lowest BCUT2D eigenvalue weighted by Crippen LogP contribution is -2.27. The van der Waals surface area contributed by atoms with Gasteiger partial charge in [0.2, 0.25) is 5.71 Å². The zero-order chi connectivity index (χ0) is 20.6. The van der Waals surface area contributed by atoms with Crippen LogP contribution in [0.25, 0.3) is 17.0 Å². The summed E-state index contributed by atoms with van der Waals surface area (Å²) in [6.07, 6.45) is -5.04. The Morgan fingerprint density at radius 1 is 1.21 bits per heavy atom. The molecule has 0 unspecified atom stereocenters. The smallest absolute Gasteiger partial charge is 0.390 e. The molecule has 2 aromatic heterocycles. The van der Waals surface area contributed by atoms with Crippen LogP contribution in [0, 0.1) is 13.8 Å². The standard InChI is InChI=1S/C19H20Cl2F3N3O/c1-4-26(8-7-19(22,23)24)10-15-11(2)25-27-17(12(3)28-18(15)27)14-6-5-13(20)9-16(14)21/h5-6,9H,4,7-8,10H2,1-3H3. The van der Waals surface area contributed by atoms with Gasteiger partial charge < -0.3 is 4.42 Å². The molecule has 0 amide bonds. The molecule has 2 heterocycles. The summed E-state index contributed by atoms with van der Waals surface area (Å²) in [6, 6.07) is 5.17. The number of hydrogen-bond acceptors (Lipinski definition) is 3. The number of nitrogens with zero attached hydrogens (tertiary/aromatic N) is 3. The number of rotatable bonds is 6. The fourth-order valence-electron chi connectivity index (χ4n) is 3.16. The highest BCUT2D eigenvalue weighted by molar-refractivity contribution is 6.36. The lowest BCUT2D eigenvalue weighted by molar-refractivity contribution is -0.138. The largest absolute Gasteiger partial charge is 0.441 e. The van der Waals surface area contributed by atoms with Gasteiger partial charge in [0.1, 0.15) is 11.5 Å². The molecule has 0 atom stereocenters. The van der Waals surface area contributed by atoms with Crippen molar-refractivity contribution >= 4 is 28.9 Å². The third-order valence-corrected chi connectivity index (χ3v) is 5.21. The SMILES string of the molecule is CCN(CCC(F)(F)F)Cc1c(C)nn2c(-c3ccc(Cl)cc3Cl)c(C)oc12. The normalized spacial score (nSPS) is 12.5. The molecule has 152 valence electrons. The van der Waals surface area contributed by atoms with E-state index < -0.39 is 12.6 Å². The highest BCUT2D eigenvalue weighted by Gasteiger charge is 2.28. The van der Waals surface area contributed by atoms with Gasteiger partial charge in [-0.3, -0.25) is 4.90 Å². The molecule has 0 aliphatic carbocycles. The summed E-state index contributed by atoms with van der Waals surface area (Å²) in [6.45, 7) is 6.18. The average Bonchev–Trinajstić information content (AvgIpc) is 3.05. The Morgan fingerprint density at radius 3 is 2.54 bits per heavy atom. The molecule has 0 aliphatic rings. The number of oxazole rings is 1. The van der Waals surface area contributed by atoms with E-state index >= 15 is 0 Å². The van der Waals surface area contributed by atoms with Crippen molar-refractivity contribution in [1.29, 1.82) is 0 Å². The zero-order valence-electron chi connectivity index (χ0n) is 15.7. The Hall–Kier alpha value is -1.70. The molecule has 0 saturated heterocycles. The van der Waals surface area contributed by atoms with Gasteiger partial charge in [0.05, 0.1) is 22.7 Å². The molecule has 4 nitrogen and oxygen atoms in total. The molecule has 3 rings (SSSR count). The first-order valence-electron chi connectivity index (χ1n) is 8.82. The van der Waals surface area contributed by atoms with Crippen molar-refractivity contribution in [1.82, 2.24) is 14.5 Å². The van der Waals surface area contributed by atoms with Crippen LogP contribution in [-0.4, -0.2) is 33.8 Å². The van der Waals surface area contributed by atoms with Crippen molar-refractivity contribution in [3.63, 3.8) is 0 Å². The van der Waals surface area contributed by atoms with E-state index in [2.05, 4.69) is 5.10 Å². The molecule has 3 aromatic rings. The van der Waals surface area contributed by atoms with Gasteiger partial charge in [0, 0.05) is 23.7 Å². The van der Waals surface area contributed by atoms with Gasteiger partial charge in [-0.2, -0.15) is 22.8 Å². The van der Waals surface area contributed by atoms with Crippen LogP contribution in [0.2, 0.25) is 10.0 Å². The molecule has 0 bridgehead atoms. The maximum Gasteiger partial charge on any atom is 0.390 e. The monoisotopic (exact) mass is 433 g/mol. The van der Waals surface area contributed by atoms with Crippen LogP contribution < -0.4 is 0 Å². The van der Waals surface area contributed by atoms with Gasteiger partial charge in [-0.25, -0.2) is 0 Å². The summed E-state index contributed by atoms with van der Waals surface area (Å²) < 4.78 is 45.4. The third-order valence-electron chi connectivity index (χ3n) is 4.66. The van der Waals surface area contributed by atoms with Crippen molar-refractivity contribution in [3.05, 3.63) is 45.3 Å². The van der Waals surface area contributed by atoms with E-state index in [9.17, 15) is 13.2 Å². The molecule has 0 N–H and O–H groups in total. The average molecular weight is 434 g/mol. The van der Waals surface area contributed by atoms with E-state index in [1.165, 1.54) is 0 Å². The summed E-state index contributed by atoms with van der Waals surface area (Å²) in [5, 5.41) is 5.54. The summed E-state index contributed by atoms with van der Waals surface area (Å²) in [5.74, 6) is 0.617. The molecule has 0 spiro atoms. The molecule has 0 fully saturated rings. The third kappa shape index (κ3) is 4.31. The number of hydrogen-bond donors (Lipinski definition) is 0. The molecule has 1 aromatic carbocycles. The van der Waals surface area contributed by atoms with E-state index in [0.717, 1.165) is 11.1 Å². The van der Waals surface area contributed by atoms with Crippen molar-refractivity contribution in [2.75, 3.05) is 13.1 Å². The molecule has 28 heavy (non-hydrogen) atoms. The van der Waals surface area contributed by atoms with Gasteiger partial charge in [0.25, 0.3) is 0 Å². The van der Waals surface area contributed by atoms with Crippen LogP contribution in [0.4, 0.5) is 13.2 Å². The fraction of sp³-hybridized carbons (Fsp3) is 0.421. The summed E-state index contributed by atoms with van der Waals surface area (Å²) in [5.41, 5.74) is 3.41. The second-order valence-electron chi connectivity index (χ2n) is 6.65. The highest BCUT2D eigenvalue weighted by Crippen LogP contribution is 2.35. The lowest BCUT2D eigenvalue weighted by atomic mass is 10.1. The first-order valence-corrected chi connectivity index (χ1v) is 9.58. The maximum atomic E-state index is 12.6. The summed E-state index contributed by atoms with van der Waals surface area (Å²) in [7, 11) is 0. The van der Waals surface area contributed by atoms with Crippen molar-refractivity contribution < 1.29 is 17.6 Å². The number of fused-ring (bicyclic) bond motifs is 1.